The van der Waals surface area contributed by atoms with Gasteiger partial charge in [-0.1, -0.05) is 0 Å². The Morgan fingerprint density at radius 3 is 2.37 bits per heavy atom. The van der Waals surface area contributed by atoms with Crippen LogP contribution in [0, 0.1) is 11.6 Å². The number of rotatable bonds is 3. The number of carbonyl (C=O) groups is 1. The molecule has 1 aromatic rings. The van der Waals surface area contributed by atoms with Gasteiger partial charge in [-0.3, -0.25) is 4.79 Å². The quantitative estimate of drug-likeness (QED) is 0.684. The molecule has 0 atom stereocenters. The summed E-state index contributed by atoms with van der Waals surface area (Å²) in [6, 6.07) is 1.18. The van der Waals surface area contributed by atoms with Gasteiger partial charge >= 0.3 is 6.18 Å². The minimum atomic E-state index is -4.42. The van der Waals surface area contributed by atoms with E-state index < -0.39 is 47.9 Å². The molecule has 2 N–H and O–H groups in total. The van der Waals surface area contributed by atoms with Crippen LogP contribution in [0.1, 0.15) is 16.8 Å². The van der Waals surface area contributed by atoms with Crippen molar-refractivity contribution >= 4 is 11.6 Å². The summed E-state index contributed by atoms with van der Waals surface area (Å²) in [4.78, 5) is 12.4. The number of nitrogens with two attached hydrogens (primary N) is 1. The summed E-state index contributed by atoms with van der Waals surface area (Å²) in [6.07, 6.45) is -5.64. The molecule has 0 unspecified atom stereocenters. The summed E-state index contributed by atoms with van der Waals surface area (Å²) >= 11 is 0. The number of hydrogen-bond acceptors (Lipinski definition) is 2. The van der Waals surface area contributed by atoms with Crippen molar-refractivity contribution in [3.8, 4) is 0 Å². The van der Waals surface area contributed by atoms with E-state index >= 15 is 0 Å². The normalized spacial score (nSPS) is 11.5. The smallest absolute Gasteiger partial charge is 0.390 e. The summed E-state index contributed by atoms with van der Waals surface area (Å²) < 4.78 is 62.2. The van der Waals surface area contributed by atoms with E-state index in [1.54, 1.807) is 0 Å². The van der Waals surface area contributed by atoms with Crippen LogP contribution in [-0.2, 0) is 0 Å². The van der Waals surface area contributed by atoms with Gasteiger partial charge < -0.3 is 10.6 Å². The monoisotopic (exact) mass is 282 g/mol. The molecule has 0 aromatic heterocycles. The maximum absolute atomic E-state index is 13.4. The zero-order valence-electron chi connectivity index (χ0n) is 9.89. The number of nitrogen functional groups attached to an aromatic ring is 1. The first kappa shape index (κ1) is 15.2. The molecule has 0 bridgehead atoms. The van der Waals surface area contributed by atoms with Crippen molar-refractivity contribution in [2.45, 2.75) is 12.6 Å². The lowest BCUT2D eigenvalue weighted by atomic mass is 10.1. The Morgan fingerprint density at radius 1 is 1.26 bits per heavy atom. The second kappa shape index (κ2) is 5.41. The van der Waals surface area contributed by atoms with Crippen LogP contribution in [0.25, 0.3) is 0 Å². The molecule has 19 heavy (non-hydrogen) atoms. The van der Waals surface area contributed by atoms with Crippen molar-refractivity contribution < 1.29 is 26.7 Å². The predicted octanol–water partition coefficient (Wildman–Crippen LogP) is 2.57. The van der Waals surface area contributed by atoms with Crippen molar-refractivity contribution in [2.24, 2.45) is 0 Å². The zero-order valence-corrected chi connectivity index (χ0v) is 9.89. The third-order valence-electron chi connectivity index (χ3n) is 2.39. The first-order valence-corrected chi connectivity index (χ1v) is 5.18. The third kappa shape index (κ3) is 4.08. The molecule has 0 spiro atoms. The number of carbonyl (C=O) groups excluding carboxylic acids is 1. The minimum Gasteiger partial charge on any atom is -0.396 e. The van der Waals surface area contributed by atoms with Gasteiger partial charge in [-0.05, 0) is 6.07 Å². The molecule has 0 saturated carbocycles. The lowest BCUT2D eigenvalue weighted by molar-refractivity contribution is -0.136. The fourth-order valence-corrected chi connectivity index (χ4v) is 1.33. The van der Waals surface area contributed by atoms with Crippen molar-refractivity contribution in [3.63, 3.8) is 0 Å². The van der Waals surface area contributed by atoms with Gasteiger partial charge in [0.05, 0.1) is 17.7 Å². The number of amides is 1. The number of benzene rings is 1. The maximum Gasteiger partial charge on any atom is 0.390 e. The van der Waals surface area contributed by atoms with Crippen molar-refractivity contribution in [3.05, 3.63) is 29.3 Å². The summed E-state index contributed by atoms with van der Waals surface area (Å²) in [7, 11) is 1.09. The fraction of sp³-hybridized carbons (Fsp3) is 0.364. The Morgan fingerprint density at radius 2 is 1.84 bits per heavy atom. The van der Waals surface area contributed by atoms with Gasteiger partial charge in [0.1, 0.15) is 11.6 Å². The SMILES string of the molecule is CN(CCC(F)(F)F)C(=O)c1cc(N)c(F)cc1F. The molecule has 8 heteroatoms. The Kier molecular flexibility index (Phi) is 4.33. The molecular weight excluding hydrogens is 271 g/mol. The Balaban J connectivity index is 2.86. The average Bonchev–Trinajstić information content (AvgIpc) is 2.29. The van der Waals surface area contributed by atoms with Crippen molar-refractivity contribution in [1.82, 2.24) is 4.90 Å². The molecule has 0 fully saturated rings. The predicted molar refractivity (Wildman–Crippen MR) is 58.4 cm³/mol. The van der Waals surface area contributed by atoms with Crippen LogP contribution in [-0.4, -0.2) is 30.6 Å². The number of alkyl halides is 3. The van der Waals surface area contributed by atoms with Crippen LogP contribution in [0.3, 0.4) is 0 Å². The van der Waals surface area contributed by atoms with Crippen molar-refractivity contribution in [2.75, 3.05) is 19.3 Å². The summed E-state index contributed by atoms with van der Waals surface area (Å²) in [5.74, 6) is -3.20. The van der Waals surface area contributed by atoms with Crippen LogP contribution >= 0.6 is 0 Å². The molecule has 3 nitrogen and oxygen atoms in total. The Labute approximate surface area is 105 Å². The van der Waals surface area contributed by atoms with Gasteiger partial charge in [-0.15, -0.1) is 0 Å². The van der Waals surface area contributed by atoms with Gasteiger partial charge in [0.2, 0.25) is 0 Å². The average molecular weight is 282 g/mol. The standard InChI is InChI=1S/C11H11F5N2O/c1-18(3-2-11(14,15)16)10(19)6-4-9(17)8(13)5-7(6)12/h4-5H,2-3,17H2,1H3. The van der Waals surface area contributed by atoms with Gasteiger partial charge in [0.25, 0.3) is 5.91 Å². The molecule has 0 aliphatic rings. The number of halogens is 5. The van der Waals surface area contributed by atoms with Crippen molar-refractivity contribution in [1.29, 1.82) is 0 Å². The van der Waals surface area contributed by atoms with Gasteiger partial charge in [-0.2, -0.15) is 13.2 Å². The van der Waals surface area contributed by atoms with Crippen LogP contribution in [0.2, 0.25) is 0 Å². The number of nitrogens with zero attached hydrogens (tertiary/aromatic N) is 1. The zero-order chi connectivity index (χ0) is 14.8. The van der Waals surface area contributed by atoms with Crippen LogP contribution in [0.15, 0.2) is 12.1 Å². The molecule has 1 amide bonds. The van der Waals surface area contributed by atoms with E-state index in [1.165, 1.54) is 0 Å². The number of hydrogen-bond donors (Lipinski definition) is 1. The number of anilines is 1. The first-order chi connectivity index (χ1) is 8.61. The molecule has 0 aliphatic heterocycles. The van der Waals surface area contributed by atoms with E-state index in [0.29, 0.717) is 11.0 Å². The summed E-state index contributed by atoms with van der Waals surface area (Å²) in [5.41, 5.74) is 4.16. The maximum atomic E-state index is 13.4. The van der Waals surface area contributed by atoms with Gasteiger partial charge in [-0.25, -0.2) is 8.78 Å². The van der Waals surface area contributed by atoms with Gasteiger partial charge in [0.15, 0.2) is 0 Å². The lowest BCUT2D eigenvalue weighted by Gasteiger charge is -2.18. The Bertz CT molecular complexity index is 487. The van der Waals surface area contributed by atoms with E-state index in [2.05, 4.69) is 0 Å². The fourth-order valence-electron chi connectivity index (χ4n) is 1.33. The highest BCUT2D eigenvalue weighted by Gasteiger charge is 2.28. The van der Waals surface area contributed by atoms with E-state index in [-0.39, 0.29) is 0 Å². The van der Waals surface area contributed by atoms with E-state index in [0.717, 1.165) is 13.1 Å². The highest BCUT2D eigenvalue weighted by molar-refractivity contribution is 5.95. The molecule has 0 heterocycles. The third-order valence-corrected chi connectivity index (χ3v) is 2.39. The Hall–Kier alpha value is -1.86. The lowest BCUT2D eigenvalue weighted by Crippen LogP contribution is -2.31. The molecular formula is C11H11F5N2O. The van der Waals surface area contributed by atoms with E-state index in [9.17, 15) is 26.7 Å². The molecule has 0 saturated heterocycles. The van der Waals surface area contributed by atoms with Crippen LogP contribution in [0.4, 0.5) is 27.6 Å². The topological polar surface area (TPSA) is 46.3 Å². The molecule has 0 aliphatic carbocycles. The summed E-state index contributed by atoms with van der Waals surface area (Å²) in [5, 5.41) is 0. The van der Waals surface area contributed by atoms with Crippen LogP contribution < -0.4 is 5.73 Å². The van der Waals surface area contributed by atoms with Crippen LogP contribution in [0.5, 0.6) is 0 Å². The van der Waals surface area contributed by atoms with E-state index in [4.69, 9.17) is 5.73 Å². The second-order valence-electron chi connectivity index (χ2n) is 3.95. The van der Waals surface area contributed by atoms with Gasteiger partial charge in [0, 0.05) is 19.7 Å². The molecule has 1 aromatic carbocycles. The van der Waals surface area contributed by atoms with E-state index in [1.807, 2.05) is 0 Å². The largest absolute Gasteiger partial charge is 0.396 e. The summed E-state index contributed by atoms with van der Waals surface area (Å²) in [6.45, 7) is -0.626. The molecule has 106 valence electrons. The second-order valence-corrected chi connectivity index (χ2v) is 3.95. The molecule has 0 radical (unpaired) electrons. The highest BCUT2D eigenvalue weighted by Crippen LogP contribution is 2.21. The molecule has 1 rings (SSSR count). The minimum absolute atomic E-state index is 0.417. The first-order valence-electron chi connectivity index (χ1n) is 5.18. The highest BCUT2D eigenvalue weighted by atomic mass is 19.4.